The Morgan fingerprint density at radius 2 is 1.14 bits per heavy atom. The van der Waals surface area contributed by atoms with E-state index in [1.807, 2.05) is 6.92 Å². The topological polar surface area (TPSA) is 52.6 Å². The lowest BCUT2D eigenvalue weighted by molar-refractivity contribution is -0.142. The molecule has 0 bridgehead atoms. The fraction of sp³-hybridized carbons (Fsp3) is 0.778. The van der Waals surface area contributed by atoms with Crippen LogP contribution in [0.3, 0.4) is 0 Å². The van der Waals surface area contributed by atoms with Crippen LogP contribution in [-0.4, -0.2) is 25.2 Å². The van der Waals surface area contributed by atoms with E-state index in [2.05, 4.69) is 6.92 Å². The zero-order chi connectivity index (χ0) is 16.8. The third kappa shape index (κ3) is 8.20. The van der Waals surface area contributed by atoms with Gasteiger partial charge < -0.3 is 9.47 Å². The van der Waals surface area contributed by atoms with Crippen LogP contribution in [0.4, 0.5) is 0 Å². The van der Waals surface area contributed by atoms with E-state index in [4.69, 9.17) is 9.47 Å². The normalized spacial score (nSPS) is 11.8. The molecule has 0 radical (unpaired) electrons. The molecule has 0 aliphatic heterocycles. The lowest BCUT2D eigenvalue weighted by Crippen LogP contribution is -2.17. The van der Waals surface area contributed by atoms with Crippen molar-refractivity contribution in [3.63, 3.8) is 0 Å². The summed E-state index contributed by atoms with van der Waals surface area (Å²) in [5.74, 6) is -0.740. The van der Waals surface area contributed by atoms with Crippen LogP contribution in [0.1, 0.15) is 79.1 Å². The Morgan fingerprint density at radius 3 is 1.59 bits per heavy atom. The van der Waals surface area contributed by atoms with Gasteiger partial charge in [-0.15, -0.1) is 0 Å². The van der Waals surface area contributed by atoms with Gasteiger partial charge in [-0.2, -0.15) is 0 Å². The Labute approximate surface area is 135 Å². The first-order chi connectivity index (χ1) is 10.6. The van der Waals surface area contributed by atoms with Gasteiger partial charge >= 0.3 is 11.9 Å². The molecule has 4 nitrogen and oxygen atoms in total. The van der Waals surface area contributed by atoms with Crippen molar-refractivity contribution in [2.24, 2.45) is 0 Å². The Morgan fingerprint density at radius 1 is 0.636 bits per heavy atom. The molecule has 0 atom stereocenters. The molecule has 0 heterocycles. The SMILES string of the molecule is CCCCCCC/C(C(=O)OCC)=C(\CCC)C(=O)OCC. The van der Waals surface area contributed by atoms with Gasteiger partial charge in [-0.05, 0) is 33.1 Å². The largest absolute Gasteiger partial charge is 0.463 e. The van der Waals surface area contributed by atoms with Crippen molar-refractivity contribution < 1.29 is 19.1 Å². The van der Waals surface area contributed by atoms with Crippen molar-refractivity contribution in [3.8, 4) is 0 Å². The fourth-order valence-electron chi connectivity index (χ4n) is 2.34. The summed E-state index contributed by atoms with van der Waals surface area (Å²) in [4.78, 5) is 24.3. The van der Waals surface area contributed by atoms with Gasteiger partial charge in [0.15, 0.2) is 0 Å². The van der Waals surface area contributed by atoms with E-state index >= 15 is 0 Å². The average Bonchev–Trinajstić information content (AvgIpc) is 2.49. The molecule has 0 aliphatic rings. The van der Waals surface area contributed by atoms with Crippen LogP contribution in [0.25, 0.3) is 0 Å². The minimum absolute atomic E-state index is 0.318. The molecule has 0 fully saturated rings. The van der Waals surface area contributed by atoms with Crippen LogP contribution in [0.5, 0.6) is 0 Å². The monoisotopic (exact) mass is 312 g/mol. The molecule has 0 unspecified atom stereocenters. The van der Waals surface area contributed by atoms with Gasteiger partial charge in [-0.25, -0.2) is 9.59 Å². The van der Waals surface area contributed by atoms with Gasteiger partial charge in [0.2, 0.25) is 0 Å². The second-order valence-electron chi connectivity index (χ2n) is 5.31. The second-order valence-corrected chi connectivity index (χ2v) is 5.31. The van der Waals surface area contributed by atoms with Gasteiger partial charge in [0.1, 0.15) is 0 Å². The maximum absolute atomic E-state index is 12.2. The third-order valence-electron chi connectivity index (χ3n) is 3.44. The molecule has 0 spiro atoms. The predicted octanol–water partition coefficient (Wildman–Crippen LogP) is 4.57. The molecule has 22 heavy (non-hydrogen) atoms. The van der Waals surface area contributed by atoms with E-state index in [1.165, 1.54) is 12.8 Å². The van der Waals surface area contributed by atoms with E-state index in [1.54, 1.807) is 13.8 Å². The number of carbonyl (C=O) groups is 2. The molecule has 0 aromatic carbocycles. The molecule has 0 saturated heterocycles. The summed E-state index contributed by atoms with van der Waals surface area (Å²) in [6.07, 6.45) is 7.48. The van der Waals surface area contributed by atoms with E-state index in [9.17, 15) is 9.59 Å². The molecule has 0 N–H and O–H groups in total. The second kappa shape index (κ2) is 13.4. The third-order valence-corrected chi connectivity index (χ3v) is 3.44. The molecule has 128 valence electrons. The molecule has 0 aliphatic carbocycles. The van der Waals surface area contributed by atoms with Crippen LogP contribution < -0.4 is 0 Å². The molecule has 0 amide bonds. The lowest BCUT2D eigenvalue weighted by atomic mass is 9.98. The highest BCUT2D eigenvalue weighted by molar-refractivity contribution is 6.00. The maximum atomic E-state index is 12.2. The average molecular weight is 312 g/mol. The van der Waals surface area contributed by atoms with E-state index in [0.717, 1.165) is 25.7 Å². The Kier molecular flexibility index (Phi) is 12.5. The van der Waals surface area contributed by atoms with Crippen LogP contribution in [0.2, 0.25) is 0 Å². The molecule has 0 aromatic heterocycles. The van der Waals surface area contributed by atoms with Crippen molar-refractivity contribution in [1.82, 2.24) is 0 Å². The fourth-order valence-corrected chi connectivity index (χ4v) is 2.34. The van der Waals surface area contributed by atoms with Crippen molar-refractivity contribution in [3.05, 3.63) is 11.1 Å². The highest BCUT2D eigenvalue weighted by Crippen LogP contribution is 2.21. The van der Waals surface area contributed by atoms with Gasteiger partial charge in [-0.1, -0.05) is 46.0 Å². The summed E-state index contributed by atoms with van der Waals surface area (Å²) in [6.45, 7) is 8.35. The quantitative estimate of drug-likeness (QED) is 0.301. The first-order valence-corrected chi connectivity index (χ1v) is 8.68. The molecular formula is C18H32O4. The number of rotatable bonds is 12. The Balaban J connectivity index is 5.05. The highest BCUT2D eigenvalue weighted by atomic mass is 16.5. The molecule has 0 saturated carbocycles. The van der Waals surface area contributed by atoms with Crippen molar-refractivity contribution in [1.29, 1.82) is 0 Å². The van der Waals surface area contributed by atoms with Gasteiger partial charge in [0, 0.05) is 11.1 Å². The summed E-state index contributed by atoms with van der Waals surface area (Å²) in [7, 11) is 0. The molecular weight excluding hydrogens is 280 g/mol. The number of ether oxygens (including phenoxy) is 2. The summed E-state index contributed by atoms with van der Waals surface area (Å²) in [5, 5.41) is 0. The van der Waals surface area contributed by atoms with Gasteiger partial charge in [0.05, 0.1) is 13.2 Å². The minimum Gasteiger partial charge on any atom is -0.463 e. The van der Waals surface area contributed by atoms with Crippen molar-refractivity contribution >= 4 is 11.9 Å². The van der Waals surface area contributed by atoms with Crippen molar-refractivity contribution in [2.75, 3.05) is 13.2 Å². The standard InChI is InChI=1S/C18H32O4/c1-5-9-10-11-12-14-16(18(20)22-8-4)15(13-6-2)17(19)21-7-3/h5-14H2,1-4H3/b16-15-. The zero-order valence-corrected chi connectivity index (χ0v) is 14.7. The smallest absolute Gasteiger partial charge is 0.334 e. The van der Waals surface area contributed by atoms with Crippen LogP contribution in [-0.2, 0) is 19.1 Å². The Bertz CT molecular complexity index is 358. The van der Waals surface area contributed by atoms with Crippen LogP contribution >= 0.6 is 0 Å². The first kappa shape index (κ1) is 20.7. The minimum atomic E-state index is -0.374. The summed E-state index contributed by atoms with van der Waals surface area (Å²) in [5.41, 5.74) is 1.01. The Hall–Kier alpha value is -1.32. The van der Waals surface area contributed by atoms with E-state index in [0.29, 0.717) is 37.2 Å². The van der Waals surface area contributed by atoms with Gasteiger partial charge in [-0.3, -0.25) is 0 Å². The predicted molar refractivity (Wildman–Crippen MR) is 88.6 cm³/mol. The summed E-state index contributed by atoms with van der Waals surface area (Å²) in [6, 6.07) is 0. The number of hydrogen-bond donors (Lipinski definition) is 0. The number of esters is 2. The summed E-state index contributed by atoms with van der Waals surface area (Å²) < 4.78 is 10.2. The lowest BCUT2D eigenvalue weighted by Gasteiger charge is -2.13. The first-order valence-electron chi connectivity index (χ1n) is 8.68. The van der Waals surface area contributed by atoms with Gasteiger partial charge in [0.25, 0.3) is 0 Å². The zero-order valence-electron chi connectivity index (χ0n) is 14.7. The van der Waals surface area contributed by atoms with Crippen LogP contribution in [0, 0.1) is 0 Å². The van der Waals surface area contributed by atoms with E-state index < -0.39 is 0 Å². The molecule has 4 heteroatoms. The number of hydrogen-bond acceptors (Lipinski definition) is 4. The number of carbonyl (C=O) groups excluding carboxylic acids is 2. The van der Waals surface area contributed by atoms with E-state index in [-0.39, 0.29) is 11.9 Å². The molecule has 0 rings (SSSR count). The number of unbranched alkanes of at least 4 members (excludes halogenated alkanes) is 4. The van der Waals surface area contributed by atoms with Crippen molar-refractivity contribution in [2.45, 2.75) is 79.1 Å². The maximum Gasteiger partial charge on any atom is 0.334 e. The summed E-state index contributed by atoms with van der Waals surface area (Å²) >= 11 is 0. The van der Waals surface area contributed by atoms with Crippen LogP contribution in [0.15, 0.2) is 11.1 Å². The molecule has 0 aromatic rings. The highest BCUT2D eigenvalue weighted by Gasteiger charge is 2.22.